The molecule has 0 aliphatic carbocycles. The van der Waals surface area contributed by atoms with Crippen LogP contribution in [0.2, 0.25) is 0 Å². The fraction of sp³-hybridized carbons (Fsp3) is 0.111. The Morgan fingerprint density at radius 1 is 1.42 bits per heavy atom. The fourth-order valence-electron chi connectivity index (χ4n) is 0.909. The van der Waals surface area contributed by atoms with Crippen molar-refractivity contribution in [1.29, 1.82) is 0 Å². The molecule has 0 N–H and O–H groups in total. The van der Waals surface area contributed by atoms with Crippen molar-refractivity contribution >= 4 is 12.4 Å². The molecule has 0 radical (unpaired) electrons. The highest BCUT2D eigenvalue weighted by Gasteiger charge is 2.07. The third-order valence-electron chi connectivity index (χ3n) is 1.52. The minimum atomic E-state index is -0.608. The van der Waals surface area contributed by atoms with Crippen LogP contribution in [0.15, 0.2) is 24.3 Å². The van der Waals surface area contributed by atoms with Gasteiger partial charge in [-0.3, -0.25) is 4.79 Å². The molecule has 0 bridgehead atoms. The van der Waals surface area contributed by atoms with Crippen LogP contribution in [0.3, 0.4) is 0 Å². The number of hydrogen-bond donors (Lipinski definition) is 0. The van der Waals surface area contributed by atoms with Crippen molar-refractivity contribution in [2.24, 2.45) is 0 Å². The van der Waals surface area contributed by atoms with E-state index in [1.54, 1.807) is 25.1 Å². The lowest BCUT2D eigenvalue weighted by Gasteiger charge is -2.00. The number of esters is 1. The molecule has 0 spiro atoms. The maximum atomic E-state index is 11.0. The molecule has 0 heterocycles. The third kappa shape index (κ3) is 1.69. The molecule has 3 heteroatoms. The first-order valence-electron chi connectivity index (χ1n) is 3.46. The summed E-state index contributed by atoms with van der Waals surface area (Å²) in [5, 5.41) is 0. The van der Waals surface area contributed by atoms with Crippen LogP contribution in [0.1, 0.15) is 15.9 Å². The molecule has 3 nitrogen and oxygen atoms in total. The number of ether oxygens (including phenoxy) is 1. The molecule has 0 fully saturated rings. The minimum Gasteiger partial charge on any atom is -0.392 e. The number of rotatable bonds is 2. The van der Waals surface area contributed by atoms with Gasteiger partial charge in [0.15, 0.2) is 0 Å². The van der Waals surface area contributed by atoms with Gasteiger partial charge in [-0.15, -0.1) is 0 Å². The molecule has 0 amide bonds. The smallest absolute Gasteiger partial charge is 0.345 e. The first kappa shape index (κ1) is 8.46. The predicted octanol–water partition coefficient (Wildman–Crippen LogP) is 1.31. The van der Waals surface area contributed by atoms with Gasteiger partial charge < -0.3 is 4.74 Å². The van der Waals surface area contributed by atoms with Gasteiger partial charge >= 0.3 is 12.4 Å². The highest BCUT2D eigenvalue weighted by Crippen LogP contribution is 2.07. The summed E-state index contributed by atoms with van der Waals surface area (Å²) in [7, 11) is 0. The molecular weight excluding hydrogens is 156 g/mol. The topological polar surface area (TPSA) is 43.4 Å². The molecule has 0 saturated carbocycles. The van der Waals surface area contributed by atoms with Crippen LogP contribution < -0.4 is 0 Å². The van der Waals surface area contributed by atoms with Gasteiger partial charge in [-0.25, -0.2) is 4.79 Å². The molecule has 0 unspecified atom stereocenters. The fourth-order valence-corrected chi connectivity index (χ4v) is 0.909. The summed E-state index contributed by atoms with van der Waals surface area (Å²) in [5.41, 5.74) is 1.22. The van der Waals surface area contributed by atoms with Gasteiger partial charge in [0.25, 0.3) is 0 Å². The van der Waals surface area contributed by atoms with Crippen molar-refractivity contribution in [3.8, 4) is 0 Å². The lowest BCUT2D eigenvalue weighted by molar-refractivity contribution is -0.123. The molecule has 0 saturated heterocycles. The van der Waals surface area contributed by atoms with Gasteiger partial charge in [0.2, 0.25) is 0 Å². The predicted molar refractivity (Wildman–Crippen MR) is 42.7 cm³/mol. The van der Waals surface area contributed by atoms with Crippen LogP contribution >= 0.6 is 0 Å². The van der Waals surface area contributed by atoms with Gasteiger partial charge in [-0.2, -0.15) is 0 Å². The van der Waals surface area contributed by atoms with E-state index >= 15 is 0 Å². The van der Waals surface area contributed by atoms with Gasteiger partial charge in [0.1, 0.15) is 0 Å². The van der Waals surface area contributed by atoms with E-state index in [4.69, 9.17) is 0 Å². The maximum absolute atomic E-state index is 11.0. The Hall–Kier alpha value is -1.64. The Bertz CT molecular complexity index is 304. The highest BCUT2D eigenvalue weighted by atomic mass is 16.6. The number of carbonyl (C=O) groups excluding carboxylic acids is 2. The summed E-state index contributed by atoms with van der Waals surface area (Å²) in [6.07, 6.45) is 0. The van der Waals surface area contributed by atoms with Crippen molar-refractivity contribution in [2.75, 3.05) is 0 Å². The number of carbonyl (C=O) groups is 2. The molecule has 1 aromatic rings. The third-order valence-corrected chi connectivity index (χ3v) is 1.52. The SMILES string of the molecule is Cc1ccccc1C(=O)OC=O. The van der Waals surface area contributed by atoms with E-state index in [0.717, 1.165) is 5.56 Å². The van der Waals surface area contributed by atoms with E-state index in [1.165, 1.54) is 0 Å². The Labute approximate surface area is 70.0 Å². The quantitative estimate of drug-likeness (QED) is 0.376. The van der Waals surface area contributed by atoms with Gasteiger partial charge in [-0.05, 0) is 18.6 Å². The van der Waals surface area contributed by atoms with Crippen LogP contribution in [-0.2, 0) is 9.53 Å². The molecular formula is C9H8O3. The second kappa shape index (κ2) is 3.67. The average Bonchev–Trinajstić information content (AvgIpc) is 2.05. The van der Waals surface area contributed by atoms with Gasteiger partial charge in [0.05, 0.1) is 5.56 Å². The molecule has 0 aliphatic heterocycles. The summed E-state index contributed by atoms with van der Waals surface area (Å²) in [6.45, 7) is 1.91. The minimum absolute atomic E-state index is 0.134. The van der Waals surface area contributed by atoms with Crippen LogP contribution in [0, 0.1) is 6.92 Å². The Kier molecular flexibility index (Phi) is 2.58. The Morgan fingerprint density at radius 2 is 2.08 bits per heavy atom. The summed E-state index contributed by atoms with van der Waals surface area (Å²) in [6, 6.07) is 6.92. The summed E-state index contributed by atoms with van der Waals surface area (Å²) in [4.78, 5) is 20.9. The molecule has 62 valence electrons. The zero-order chi connectivity index (χ0) is 8.97. The van der Waals surface area contributed by atoms with E-state index in [2.05, 4.69) is 4.74 Å². The first-order chi connectivity index (χ1) is 5.75. The zero-order valence-corrected chi connectivity index (χ0v) is 6.61. The number of hydrogen-bond acceptors (Lipinski definition) is 3. The van der Waals surface area contributed by atoms with Crippen LogP contribution in [0.4, 0.5) is 0 Å². The van der Waals surface area contributed by atoms with Crippen LogP contribution in [0.25, 0.3) is 0 Å². The lowest BCUT2D eigenvalue weighted by Crippen LogP contribution is -2.04. The van der Waals surface area contributed by atoms with E-state index in [1.807, 2.05) is 6.07 Å². The van der Waals surface area contributed by atoms with Crippen molar-refractivity contribution in [3.05, 3.63) is 35.4 Å². The van der Waals surface area contributed by atoms with Crippen molar-refractivity contribution in [3.63, 3.8) is 0 Å². The second-order valence-corrected chi connectivity index (χ2v) is 2.32. The molecule has 0 aromatic heterocycles. The molecule has 1 rings (SSSR count). The number of aryl methyl sites for hydroxylation is 1. The molecule has 1 aromatic carbocycles. The molecule has 12 heavy (non-hydrogen) atoms. The normalized spacial score (nSPS) is 9.08. The zero-order valence-electron chi connectivity index (χ0n) is 6.61. The summed E-state index contributed by atoms with van der Waals surface area (Å²) < 4.78 is 4.19. The molecule has 0 atom stereocenters. The first-order valence-corrected chi connectivity index (χ1v) is 3.46. The Morgan fingerprint density at radius 3 is 2.67 bits per heavy atom. The molecule has 0 aliphatic rings. The van der Waals surface area contributed by atoms with E-state index in [-0.39, 0.29) is 6.47 Å². The second-order valence-electron chi connectivity index (χ2n) is 2.32. The Balaban J connectivity index is 2.94. The summed E-state index contributed by atoms with van der Waals surface area (Å²) in [5.74, 6) is -0.608. The van der Waals surface area contributed by atoms with E-state index in [9.17, 15) is 9.59 Å². The van der Waals surface area contributed by atoms with Crippen LogP contribution in [-0.4, -0.2) is 12.4 Å². The van der Waals surface area contributed by atoms with Crippen molar-refractivity contribution in [2.45, 2.75) is 6.92 Å². The largest absolute Gasteiger partial charge is 0.392 e. The monoisotopic (exact) mass is 164 g/mol. The highest BCUT2D eigenvalue weighted by molar-refractivity contribution is 5.94. The van der Waals surface area contributed by atoms with Crippen LogP contribution in [0.5, 0.6) is 0 Å². The van der Waals surface area contributed by atoms with Crippen molar-refractivity contribution in [1.82, 2.24) is 0 Å². The van der Waals surface area contributed by atoms with Gasteiger partial charge in [0, 0.05) is 0 Å². The van der Waals surface area contributed by atoms with E-state index in [0.29, 0.717) is 5.56 Å². The van der Waals surface area contributed by atoms with Gasteiger partial charge in [-0.1, -0.05) is 18.2 Å². The standard InChI is InChI=1S/C9H8O3/c1-7-4-2-3-5-8(7)9(11)12-6-10/h2-6H,1H3. The average molecular weight is 164 g/mol. The van der Waals surface area contributed by atoms with Crippen molar-refractivity contribution < 1.29 is 14.3 Å². The van der Waals surface area contributed by atoms with E-state index < -0.39 is 5.97 Å². The lowest BCUT2D eigenvalue weighted by atomic mass is 10.1. The summed E-state index contributed by atoms with van der Waals surface area (Å²) >= 11 is 0. The maximum Gasteiger partial charge on any atom is 0.345 e. The number of benzene rings is 1.